The molecule has 0 spiro atoms. The number of hydrogen-bond acceptors (Lipinski definition) is 7. The summed E-state index contributed by atoms with van der Waals surface area (Å²) < 4.78 is 36.2. The summed E-state index contributed by atoms with van der Waals surface area (Å²) in [6.07, 6.45) is 3.92. The maximum absolute atomic E-state index is 15.2. The van der Waals surface area contributed by atoms with Crippen LogP contribution >= 0.6 is 0 Å². The van der Waals surface area contributed by atoms with Crippen molar-refractivity contribution in [3.63, 3.8) is 0 Å². The van der Waals surface area contributed by atoms with Crippen molar-refractivity contribution >= 4 is 44.9 Å². The van der Waals surface area contributed by atoms with Gasteiger partial charge in [-0.3, -0.25) is 9.20 Å². The van der Waals surface area contributed by atoms with Crippen LogP contribution in [0.25, 0.3) is 38.7 Å². The Labute approximate surface area is 201 Å². The largest absolute Gasteiger partial charge is 0.493 e. The van der Waals surface area contributed by atoms with Crippen LogP contribution in [-0.2, 0) is 0 Å². The molecule has 10 nitrogen and oxygen atoms in total. The molecule has 0 saturated carbocycles. The molecule has 0 atom stereocenters. The van der Waals surface area contributed by atoms with Gasteiger partial charge in [0.2, 0.25) is 0 Å². The quantitative estimate of drug-likeness (QED) is 0.339. The first-order chi connectivity index (χ1) is 17.2. The number of ether oxygens (including phenoxy) is 1. The van der Waals surface area contributed by atoms with Gasteiger partial charge in [-0.25, -0.2) is 23.5 Å². The molecule has 0 bridgehead atoms. The maximum Gasteiger partial charge on any atom is 0.342 e. The van der Waals surface area contributed by atoms with Gasteiger partial charge in [0.15, 0.2) is 23.0 Å². The zero-order chi connectivity index (χ0) is 25.9. The fourth-order valence-corrected chi connectivity index (χ4v) is 4.41. The number of carbonyl (C=O) groups is 1. The second-order valence-electron chi connectivity index (χ2n) is 8.26. The van der Waals surface area contributed by atoms with E-state index < -0.39 is 28.7 Å². The minimum atomic E-state index is -1.42. The summed E-state index contributed by atoms with van der Waals surface area (Å²) in [4.78, 5) is 37.7. The number of methoxy groups -OCH3 is 1. The molecule has 5 aromatic rings. The zero-order valence-corrected chi connectivity index (χ0v) is 19.6. The molecule has 36 heavy (non-hydrogen) atoms. The predicted octanol–water partition coefficient (Wildman–Crippen LogP) is 3.48. The van der Waals surface area contributed by atoms with Crippen molar-refractivity contribution in [1.29, 1.82) is 0 Å². The van der Waals surface area contributed by atoms with Crippen molar-refractivity contribution in [2.24, 2.45) is 0 Å². The molecule has 4 heterocycles. The first-order valence-corrected chi connectivity index (χ1v) is 10.7. The van der Waals surface area contributed by atoms with Gasteiger partial charge in [-0.15, -0.1) is 0 Å². The lowest BCUT2D eigenvalue weighted by atomic mass is 10.0. The molecule has 12 heteroatoms. The topological polar surface area (TPSA) is 125 Å². The van der Waals surface area contributed by atoms with Gasteiger partial charge in [0.05, 0.1) is 34.8 Å². The maximum atomic E-state index is 15.2. The third kappa shape index (κ3) is 3.21. The van der Waals surface area contributed by atoms with Crippen LogP contribution in [0.3, 0.4) is 0 Å². The molecule has 0 aliphatic carbocycles. The van der Waals surface area contributed by atoms with Gasteiger partial charge in [0.25, 0.3) is 5.56 Å². The van der Waals surface area contributed by atoms with E-state index >= 15 is 4.39 Å². The highest BCUT2D eigenvalue weighted by Crippen LogP contribution is 2.43. The Bertz CT molecular complexity index is 1780. The lowest BCUT2D eigenvalue weighted by molar-refractivity contribution is 0.0694. The number of aromatic carboxylic acids is 1. The highest BCUT2D eigenvalue weighted by Gasteiger charge is 2.24. The van der Waals surface area contributed by atoms with E-state index in [1.165, 1.54) is 19.5 Å². The van der Waals surface area contributed by atoms with Crippen molar-refractivity contribution in [2.75, 3.05) is 38.5 Å². The Kier molecular flexibility index (Phi) is 5.23. The monoisotopic (exact) mass is 494 g/mol. The van der Waals surface area contributed by atoms with Crippen LogP contribution in [0.1, 0.15) is 10.4 Å². The molecule has 5 rings (SSSR count). The van der Waals surface area contributed by atoms with Gasteiger partial charge in [-0.2, -0.15) is 0 Å². The lowest BCUT2D eigenvalue weighted by Gasteiger charge is -2.20. The van der Waals surface area contributed by atoms with Crippen molar-refractivity contribution in [3.8, 4) is 16.9 Å². The smallest absolute Gasteiger partial charge is 0.342 e. The number of anilines is 2. The van der Waals surface area contributed by atoms with Crippen molar-refractivity contribution in [3.05, 3.63) is 58.3 Å². The fourth-order valence-electron chi connectivity index (χ4n) is 4.41. The summed E-state index contributed by atoms with van der Waals surface area (Å²) in [5.41, 5.74) is 1.23. The average molecular weight is 494 g/mol. The van der Waals surface area contributed by atoms with Crippen LogP contribution in [0.15, 0.2) is 35.5 Å². The molecular formula is C24H20F2N6O4. The number of nitrogens with one attached hydrogen (secondary N) is 2. The minimum absolute atomic E-state index is 0.0205. The number of fused-ring (bicyclic) bond motifs is 4. The lowest BCUT2D eigenvalue weighted by Crippen LogP contribution is -2.23. The number of halogens is 2. The third-order valence-electron chi connectivity index (χ3n) is 6.01. The summed E-state index contributed by atoms with van der Waals surface area (Å²) in [6, 6.07) is 2.68. The molecule has 0 radical (unpaired) electrons. The molecule has 0 unspecified atom stereocenters. The van der Waals surface area contributed by atoms with E-state index in [2.05, 4.69) is 20.3 Å². The highest BCUT2D eigenvalue weighted by atomic mass is 19.2. The second kappa shape index (κ2) is 8.18. The van der Waals surface area contributed by atoms with Crippen LogP contribution < -0.4 is 20.5 Å². The second-order valence-corrected chi connectivity index (χ2v) is 8.26. The summed E-state index contributed by atoms with van der Waals surface area (Å²) in [7, 11) is 6.47. The molecular weight excluding hydrogens is 474 g/mol. The average Bonchev–Trinajstić information content (AvgIpc) is 3.24. The molecule has 0 aliphatic rings. The Morgan fingerprint density at radius 2 is 1.94 bits per heavy atom. The first-order valence-electron chi connectivity index (χ1n) is 10.7. The zero-order valence-electron chi connectivity index (χ0n) is 19.6. The minimum Gasteiger partial charge on any atom is -0.493 e. The summed E-state index contributed by atoms with van der Waals surface area (Å²) in [6.45, 7) is 0. The van der Waals surface area contributed by atoms with Gasteiger partial charge < -0.3 is 25.0 Å². The van der Waals surface area contributed by atoms with E-state index in [1.54, 1.807) is 32.1 Å². The number of aromatic nitrogens is 4. The molecule has 4 aromatic heterocycles. The van der Waals surface area contributed by atoms with Gasteiger partial charge >= 0.3 is 5.97 Å². The van der Waals surface area contributed by atoms with Gasteiger partial charge in [0, 0.05) is 56.9 Å². The summed E-state index contributed by atoms with van der Waals surface area (Å²) in [5.74, 6) is -3.26. The Morgan fingerprint density at radius 1 is 1.19 bits per heavy atom. The molecule has 3 N–H and O–H groups in total. The van der Waals surface area contributed by atoms with E-state index in [1.807, 2.05) is 0 Å². The first kappa shape index (κ1) is 23.0. The van der Waals surface area contributed by atoms with Crippen molar-refractivity contribution < 1.29 is 23.4 Å². The number of pyridine rings is 2. The van der Waals surface area contributed by atoms with Crippen LogP contribution in [0.5, 0.6) is 5.75 Å². The third-order valence-corrected chi connectivity index (χ3v) is 6.01. The van der Waals surface area contributed by atoms with E-state index in [0.717, 1.165) is 16.7 Å². The van der Waals surface area contributed by atoms with Crippen LogP contribution in [0.2, 0.25) is 0 Å². The molecule has 0 saturated heterocycles. The van der Waals surface area contributed by atoms with E-state index in [-0.39, 0.29) is 16.8 Å². The number of rotatable bonds is 5. The summed E-state index contributed by atoms with van der Waals surface area (Å²) >= 11 is 0. The van der Waals surface area contributed by atoms with Gasteiger partial charge in [0.1, 0.15) is 11.2 Å². The van der Waals surface area contributed by atoms with Crippen LogP contribution in [-0.4, -0.2) is 58.7 Å². The number of hydrogen-bond donors (Lipinski definition) is 3. The Balaban J connectivity index is 1.93. The van der Waals surface area contributed by atoms with Crippen molar-refractivity contribution in [2.45, 2.75) is 0 Å². The summed E-state index contributed by atoms with van der Waals surface area (Å²) in [5, 5.41) is 12.6. The number of benzene rings is 1. The Hall–Kier alpha value is -4.74. The normalized spacial score (nSPS) is 11.4. The SMILES string of the molecule is CNc1cc(F)c(F)c2c1[nH]c1ncc(-c3cc(OC)c4ncc(C(=O)O)c(=O)n4c3)c(N(C)C)c12. The number of carboxylic acid groups (broad SMARTS) is 1. The van der Waals surface area contributed by atoms with Gasteiger partial charge in [-0.05, 0) is 6.07 Å². The molecule has 1 aromatic carbocycles. The highest BCUT2D eigenvalue weighted by molar-refractivity contribution is 6.18. The van der Waals surface area contributed by atoms with Crippen LogP contribution in [0, 0.1) is 11.6 Å². The number of aromatic amines is 1. The standard InChI is InChI=1S/C24H20F2N6O4/c1-27-14-6-13(25)18(26)16-17-20(31(2)3)11(7-28-21(17)30-19(14)16)10-5-15(36-4)22-29-8-12(24(34)35)23(33)32(22)9-10/h5-9,27H,1-4H3,(H,28,30)(H,34,35). The van der Waals surface area contributed by atoms with Crippen LogP contribution in [0.4, 0.5) is 20.2 Å². The van der Waals surface area contributed by atoms with Gasteiger partial charge in [-0.1, -0.05) is 0 Å². The fraction of sp³-hybridized carbons (Fsp3) is 0.167. The molecule has 0 fully saturated rings. The predicted molar refractivity (Wildman–Crippen MR) is 131 cm³/mol. The van der Waals surface area contributed by atoms with E-state index in [9.17, 15) is 19.1 Å². The number of carboxylic acids is 1. The van der Waals surface area contributed by atoms with E-state index in [0.29, 0.717) is 39.1 Å². The molecule has 0 aliphatic heterocycles. The van der Waals surface area contributed by atoms with Crippen molar-refractivity contribution in [1.82, 2.24) is 19.4 Å². The molecule has 184 valence electrons. The van der Waals surface area contributed by atoms with E-state index in [4.69, 9.17) is 4.74 Å². The number of H-pyrrole nitrogens is 1. The Morgan fingerprint density at radius 3 is 2.58 bits per heavy atom. The molecule has 0 amide bonds. The number of nitrogens with zero attached hydrogens (tertiary/aromatic N) is 4.